The van der Waals surface area contributed by atoms with E-state index in [2.05, 4.69) is 18.7 Å². The molecule has 0 aliphatic carbocycles. The Morgan fingerprint density at radius 1 is 1.18 bits per heavy atom. The predicted octanol–water partition coefficient (Wildman–Crippen LogP) is 4.75. The number of hydrogen-bond donors (Lipinski definition) is 1. The molecule has 0 bridgehead atoms. The van der Waals surface area contributed by atoms with Gasteiger partial charge in [0.1, 0.15) is 11.4 Å². The van der Waals surface area contributed by atoms with E-state index in [-0.39, 0.29) is 5.60 Å². The SMILES string of the molecule is CC1(C)CN(Cc2ccc(Cl)cc2Cl)c2cc(N)ccc2O1. The third-order valence-electron chi connectivity index (χ3n) is 3.66. The molecular weight excluding hydrogens is 319 g/mol. The van der Waals surface area contributed by atoms with Crippen LogP contribution >= 0.6 is 23.2 Å². The van der Waals surface area contributed by atoms with Crippen LogP contribution in [0.3, 0.4) is 0 Å². The van der Waals surface area contributed by atoms with Gasteiger partial charge in [-0.25, -0.2) is 0 Å². The first kappa shape index (κ1) is 15.3. The van der Waals surface area contributed by atoms with Gasteiger partial charge in [0.15, 0.2) is 0 Å². The van der Waals surface area contributed by atoms with Crippen LogP contribution in [0.5, 0.6) is 5.75 Å². The van der Waals surface area contributed by atoms with E-state index in [1.807, 2.05) is 30.3 Å². The maximum absolute atomic E-state index is 6.31. The van der Waals surface area contributed by atoms with E-state index in [1.54, 1.807) is 6.07 Å². The third kappa shape index (κ3) is 3.11. The Kier molecular flexibility index (Phi) is 3.87. The summed E-state index contributed by atoms with van der Waals surface area (Å²) in [6.45, 7) is 5.58. The molecule has 5 heteroatoms. The van der Waals surface area contributed by atoms with Crippen LogP contribution in [0, 0.1) is 0 Å². The molecule has 2 aromatic carbocycles. The highest BCUT2D eigenvalue weighted by Gasteiger charge is 2.32. The number of nitrogens with zero attached hydrogens (tertiary/aromatic N) is 1. The lowest BCUT2D eigenvalue weighted by molar-refractivity contribution is 0.104. The lowest BCUT2D eigenvalue weighted by atomic mass is 10.0. The summed E-state index contributed by atoms with van der Waals surface area (Å²) < 4.78 is 6.04. The number of nitrogens with two attached hydrogens (primary N) is 1. The Labute approximate surface area is 140 Å². The Morgan fingerprint density at radius 3 is 2.68 bits per heavy atom. The first-order valence-electron chi connectivity index (χ1n) is 7.11. The highest BCUT2D eigenvalue weighted by Crippen LogP contribution is 2.39. The molecule has 0 spiro atoms. The number of rotatable bonds is 2. The zero-order valence-electron chi connectivity index (χ0n) is 12.6. The molecule has 3 rings (SSSR count). The second-order valence-electron chi connectivity index (χ2n) is 6.18. The van der Waals surface area contributed by atoms with Gasteiger partial charge >= 0.3 is 0 Å². The fourth-order valence-corrected chi connectivity index (χ4v) is 3.21. The van der Waals surface area contributed by atoms with Gasteiger partial charge in [-0.2, -0.15) is 0 Å². The first-order chi connectivity index (χ1) is 10.3. The summed E-state index contributed by atoms with van der Waals surface area (Å²) in [5.74, 6) is 0.843. The first-order valence-corrected chi connectivity index (χ1v) is 7.87. The van der Waals surface area contributed by atoms with Crippen molar-refractivity contribution < 1.29 is 4.74 Å². The van der Waals surface area contributed by atoms with E-state index in [0.29, 0.717) is 22.3 Å². The number of nitrogen functional groups attached to an aromatic ring is 1. The topological polar surface area (TPSA) is 38.5 Å². The minimum atomic E-state index is -0.276. The largest absolute Gasteiger partial charge is 0.484 e. The Bertz CT molecular complexity index is 716. The molecule has 0 amide bonds. The van der Waals surface area contributed by atoms with Gasteiger partial charge in [-0.1, -0.05) is 29.3 Å². The van der Waals surface area contributed by atoms with Crippen LogP contribution in [0.25, 0.3) is 0 Å². The van der Waals surface area contributed by atoms with Crippen molar-refractivity contribution in [1.82, 2.24) is 0 Å². The number of halogens is 2. The Morgan fingerprint density at radius 2 is 1.95 bits per heavy atom. The molecule has 2 N–H and O–H groups in total. The van der Waals surface area contributed by atoms with Crippen LogP contribution in [0.1, 0.15) is 19.4 Å². The minimum absolute atomic E-state index is 0.276. The molecule has 0 atom stereocenters. The van der Waals surface area contributed by atoms with Crippen molar-refractivity contribution >= 4 is 34.6 Å². The molecule has 1 aliphatic heterocycles. The van der Waals surface area contributed by atoms with Crippen molar-refractivity contribution in [2.75, 3.05) is 17.2 Å². The highest BCUT2D eigenvalue weighted by atomic mass is 35.5. The maximum Gasteiger partial charge on any atom is 0.143 e. The van der Waals surface area contributed by atoms with Crippen molar-refractivity contribution in [3.8, 4) is 5.75 Å². The van der Waals surface area contributed by atoms with Crippen LogP contribution in [-0.2, 0) is 6.54 Å². The van der Waals surface area contributed by atoms with E-state index in [9.17, 15) is 0 Å². The van der Waals surface area contributed by atoms with Crippen LogP contribution in [0.4, 0.5) is 11.4 Å². The van der Waals surface area contributed by atoms with E-state index < -0.39 is 0 Å². The van der Waals surface area contributed by atoms with Gasteiger partial charge in [0, 0.05) is 22.3 Å². The average molecular weight is 337 g/mol. The van der Waals surface area contributed by atoms with Crippen LogP contribution in [0.2, 0.25) is 10.0 Å². The van der Waals surface area contributed by atoms with Crippen molar-refractivity contribution in [2.45, 2.75) is 26.0 Å². The summed E-state index contributed by atoms with van der Waals surface area (Å²) in [5, 5.41) is 1.31. The lowest BCUT2D eigenvalue weighted by Crippen LogP contribution is -2.46. The standard InChI is InChI=1S/C17H18Cl2N2O/c1-17(2)10-21(9-11-3-4-12(18)7-14(11)19)15-8-13(20)5-6-16(15)22-17/h3-8H,9-10,20H2,1-2H3. The zero-order valence-corrected chi connectivity index (χ0v) is 14.1. The number of hydrogen-bond acceptors (Lipinski definition) is 3. The molecule has 116 valence electrons. The second-order valence-corrected chi connectivity index (χ2v) is 7.02. The van der Waals surface area contributed by atoms with Crippen LogP contribution < -0.4 is 15.4 Å². The van der Waals surface area contributed by atoms with E-state index in [0.717, 1.165) is 23.5 Å². The summed E-state index contributed by atoms with van der Waals surface area (Å²) in [4.78, 5) is 2.24. The minimum Gasteiger partial charge on any atom is -0.484 e. The third-order valence-corrected chi connectivity index (χ3v) is 4.24. The predicted molar refractivity (Wildman–Crippen MR) is 93.1 cm³/mol. The zero-order chi connectivity index (χ0) is 15.9. The molecule has 0 aromatic heterocycles. The van der Waals surface area contributed by atoms with Gasteiger partial charge in [0.05, 0.1) is 12.2 Å². The van der Waals surface area contributed by atoms with E-state index in [1.165, 1.54) is 0 Å². The van der Waals surface area contributed by atoms with Gasteiger partial charge in [0.2, 0.25) is 0 Å². The lowest BCUT2D eigenvalue weighted by Gasteiger charge is -2.41. The maximum atomic E-state index is 6.31. The second kappa shape index (κ2) is 5.56. The molecular formula is C17H18Cl2N2O. The van der Waals surface area contributed by atoms with Crippen molar-refractivity contribution in [3.05, 3.63) is 52.0 Å². The van der Waals surface area contributed by atoms with Crippen molar-refractivity contribution in [3.63, 3.8) is 0 Å². The van der Waals surface area contributed by atoms with Gasteiger partial charge < -0.3 is 15.4 Å². The number of benzene rings is 2. The highest BCUT2D eigenvalue weighted by molar-refractivity contribution is 6.35. The number of fused-ring (bicyclic) bond motifs is 1. The van der Waals surface area contributed by atoms with Crippen LogP contribution in [0.15, 0.2) is 36.4 Å². The average Bonchev–Trinajstić information content (AvgIpc) is 2.42. The monoisotopic (exact) mass is 336 g/mol. The quantitative estimate of drug-likeness (QED) is 0.804. The molecule has 0 unspecified atom stereocenters. The molecule has 0 fully saturated rings. The molecule has 22 heavy (non-hydrogen) atoms. The summed E-state index contributed by atoms with van der Waals surface area (Å²) in [6, 6.07) is 11.3. The van der Waals surface area contributed by atoms with Gasteiger partial charge in [-0.05, 0) is 49.7 Å². The van der Waals surface area contributed by atoms with Gasteiger partial charge in [-0.15, -0.1) is 0 Å². The summed E-state index contributed by atoms with van der Waals surface area (Å²) >= 11 is 12.3. The Balaban J connectivity index is 1.97. The molecule has 1 aliphatic rings. The molecule has 0 saturated carbocycles. The van der Waals surface area contributed by atoms with E-state index >= 15 is 0 Å². The fourth-order valence-electron chi connectivity index (χ4n) is 2.74. The molecule has 1 heterocycles. The summed E-state index contributed by atoms with van der Waals surface area (Å²) in [7, 11) is 0. The van der Waals surface area contributed by atoms with Gasteiger partial charge in [0.25, 0.3) is 0 Å². The number of anilines is 2. The van der Waals surface area contributed by atoms with Crippen LogP contribution in [-0.4, -0.2) is 12.1 Å². The summed E-state index contributed by atoms with van der Waals surface area (Å²) in [6.07, 6.45) is 0. The number of ether oxygens (including phenoxy) is 1. The smallest absolute Gasteiger partial charge is 0.143 e. The molecule has 0 radical (unpaired) electrons. The van der Waals surface area contributed by atoms with Crippen molar-refractivity contribution in [1.29, 1.82) is 0 Å². The molecule has 2 aromatic rings. The molecule has 3 nitrogen and oxygen atoms in total. The Hall–Kier alpha value is -1.58. The normalized spacial score (nSPS) is 16.1. The summed E-state index contributed by atoms with van der Waals surface area (Å²) in [5.41, 5.74) is 8.39. The van der Waals surface area contributed by atoms with E-state index in [4.69, 9.17) is 33.7 Å². The van der Waals surface area contributed by atoms with Crippen molar-refractivity contribution in [2.24, 2.45) is 0 Å². The fraction of sp³-hybridized carbons (Fsp3) is 0.294. The molecule has 0 saturated heterocycles. The van der Waals surface area contributed by atoms with Gasteiger partial charge in [-0.3, -0.25) is 0 Å².